The molecule has 1 aliphatic heterocycles. The van der Waals surface area contributed by atoms with Crippen molar-refractivity contribution in [1.29, 1.82) is 0 Å². The zero-order valence-corrected chi connectivity index (χ0v) is 10.6. The van der Waals surface area contributed by atoms with Crippen molar-refractivity contribution in [3.8, 4) is 0 Å². The highest BCUT2D eigenvalue weighted by molar-refractivity contribution is 4.82. The molecule has 0 radical (unpaired) electrons. The summed E-state index contributed by atoms with van der Waals surface area (Å²) >= 11 is 0. The maximum atomic E-state index is 13.0. The van der Waals surface area contributed by atoms with Crippen LogP contribution in [0.2, 0.25) is 0 Å². The van der Waals surface area contributed by atoms with Gasteiger partial charge in [-0.2, -0.15) is 0 Å². The van der Waals surface area contributed by atoms with Gasteiger partial charge in [-0.25, -0.2) is 8.78 Å². The largest absolute Gasteiger partial charge is 0.315 e. The summed E-state index contributed by atoms with van der Waals surface area (Å²) in [5.74, 6) is -2.20. The molecule has 0 aromatic heterocycles. The third kappa shape index (κ3) is 4.51. The molecule has 1 atom stereocenters. The van der Waals surface area contributed by atoms with Gasteiger partial charge in [0.25, 0.3) is 0 Å². The van der Waals surface area contributed by atoms with Crippen LogP contribution in [0.5, 0.6) is 0 Å². The van der Waals surface area contributed by atoms with E-state index in [2.05, 4.69) is 10.2 Å². The Balaban J connectivity index is 1.51. The average molecular weight is 246 g/mol. The van der Waals surface area contributed by atoms with Gasteiger partial charge in [-0.1, -0.05) is 6.42 Å². The Hall–Kier alpha value is -0.220. The fourth-order valence-corrected chi connectivity index (χ4v) is 2.94. The molecule has 2 rings (SSSR count). The zero-order valence-electron chi connectivity index (χ0n) is 10.6. The second-order valence-corrected chi connectivity index (χ2v) is 5.57. The van der Waals surface area contributed by atoms with Crippen molar-refractivity contribution < 1.29 is 8.78 Å². The maximum absolute atomic E-state index is 13.0. The van der Waals surface area contributed by atoms with Gasteiger partial charge in [0.15, 0.2) is 0 Å². The second-order valence-electron chi connectivity index (χ2n) is 5.57. The Morgan fingerprint density at radius 1 is 1.18 bits per heavy atom. The normalized spacial score (nSPS) is 29.6. The van der Waals surface area contributed by atoms with Gasteiger partial charge in [0.2, 0.25) is 5.92 Å². The van der Waals surface area contributed by atoms with Gasteiger partial charge in [-0.05, 0) is 44.8 Å². The molecular weight excluding hydrogens is 222 g/mol. The number of rotatable bonds is 5. The molecule has 1 saturated heterocycles. The van der Waals surface area contributed by atoms with Crippen molar-refractivity contribution in [3.63, 3.8) is 0 Å². The van der Waals surface area contributed by atoms with Gasteiger partial charge in [0.05, 0.1) is 0 Å². The number of halogens is 2. The lowest BCUT2D eigenvalue weighted by Gasteiger charge is -2.26. The van der Waals surface area contributed by atoms with Gasteiger partial charge >= 0.3 is 0 Å². The standard InChI is InChI=1S/C13H24F2N2/c14-13(15)5-4-12(10-13)11-16-6-9-17-7-2-1-3-8-17/h12,16H,1-11H2. The van der Waals surface area contributed by atoms with Crippen LogP contribution in [0.25, 0.3) is 0 Å². The molecule has 17 heavy (non-hydrogen) atoms. The molecule has 1 heterocycles. The van der Waals surface area contributed by atoms with Gasteiger partial charge in [-0.3, -0.25) is 0 Å². The van der Waals surface area contributed by atoms with Crippen molar-refractivity contribution in [2.24, 2.45) is 5.92 Å². The topological polar surface area (TPSA) is 15.3 Å². The van der Waals surface area contributed by atoms with E-state index >= 15 is 0 Å². The van der Waals surface area contributed by atoms with Gasteiger partial charge in [0, 0.05) is 25.9 Å². The molecule has 1 unspecified atom stereocenters. The quantitative estimate of drug-likeness (QED) is 0.750. The number of hydrogen-bond acceptors (Lipinski definition) is 2. The molecular formula is C13H24F2N2. The van der Waals surface area contributed by atoms with Crippen LogP contribution < -0.4 is 5.32 Å². The van der Waals surface area contributed by atoms with E-state index in [1.165, 1.54) is 32.4 Å². The van der Waals surface area contributed by atoms with Crippen LogP contribution in [0.4, 0.5) is 8.78 Å². The summed E-state index contributed by atoms with van der Waals surface area (Å²) in [6.45, 7) is 5.21. The first kappa shape index (κ1) is 13.2. The van der Waals surface area contributed by atoms with Crippen LogP contribution in [-0.2, 0) is 0 Å². The van der Waals surface area contributed by atoms with Gasteiger partial charge < -0.3 is 10.2 Å². The van der Waals surface area contributed by atoms with Crippen molar-refractivity contribution in [2.45, 2.75) is 44.4 Å². The molecule has 2 aliphatic rings. The van der Waals surface area contributed by atoms with E-state index in [1.807, 2.05) is 0 Å². The highest BCUT2D eigenvalue weighted by Crippen LogP contribution is 2.38. The fourth-order valence-electron chi connectivity index (χ4n) is 2.94. The second kappa shape index (κ2) is 6.10. The van der Waals surface area contributed by atoms with Crippen LogP contribution in [0.15, 0.2) is 0 Å². The van der Waals surface area contributed by atoms with Crippen LogP contribution >= 0.6 is 0 Å². The Morgan fingerprint density at radius 2 is 1.94 bits per heavy atom. The first-order valence-corrected chi connectivity index (χ1v) is 6.97. The lowest BCUT2D eigenvalue weighted by molar-refractivity contribution is 0.00507. The lowest BCUT2D eigenvalue weighted by atomic mass is 10.1. The lowest BCUT2D eigenvalue weighted by Crippen LogP contribution is -2.37. The van der Waals surface area contributed by atoms with Gasteiger partial charge in [0.1, 0.15) is 0 Å². The van der Waals surface area contributed by atoms with E-state index in [0.29, 0.717) is 6.42 Å². The minimum absolute atomic E-state index is 0.0870. The van der Waals surface area contributed by atoms with E-state index in [4.69, 9.17) is 0 Å². The number of likely N-dealkylation sites (tertiary alicyclic amines) is 1. The number of nitrogens with one attached hydrogen (secondary N) is 1. The summed E-state index contributed by atoms with van der Waals surface area (Å²) < 4.78 is 25.9. The number of piperidine rings is 1. The summed E-state index contributed by atoms with van der Waals surface area (Å²) in [5.41, 5.74) is 0. The predicted molar refractivity (Wildman–Crippen MR) is 65.4 cm³/mol. The van der Waals surface area contributed by atoms with Crippen molar-refractivity contribution in [1.82, 2.24) is 10.2 Å². The molecule has 1 N–H and O–H groups in total. The highest BCUT2D eigenvalue weighted by atomic mass is 19.3. The van der Waals surface area contributed by atoms with Crippen LogP contribution in [0.1, 0.15) is 38.5 Å². The van der Waals surface area contributed by atoms with E-state index in [1.54, 1.807) is 0 Å². The molecule has 0 spiro atoms. The van der Waals surface area contributed by atoms with E-state index in [0.717, 1.165) is 19.6 Å². The SMILES string of the molecule is FC1(F)CCC(CNCCN2CCCCC2)C1. The third-order valence-corrected chi connectivity index (χ3v) is 3.99. The van der Waals surface area contributed by atoms with Crippen molar-refractivity contribution >= 4 is 0 Å². The molecule has 2 fully saturated rings. The van der Waals surface area contributed by atoms with E-state index in [-0.39, 0.29) is 18.8 Å². The Labute approximate surface area is 103 Å². The molecule has 1 aliphatic carbocycles. The third-order valence-electron chi connectivity index (χ3n) is 3.99. The molecule has 0 bridgehead atoms. The summed E-state index contributed by atoms with van der Waals surface area (Å²) in [7, 11) is 0. The summed E-state index contributed by atoms with van der Waals surface area (Å²) in [6, 6.07) is 0. The van der Waals surface area contributed by atoms with Crippen LogP contribution in [0, 0.1) is 5.92 Å². The van der Waals surface area contributed by atoms with Crippen LogP contribution in [-0.4, -0.2) is 43.5 Å². The Bertz CT molecular complexity index is 227. The van der Waals surface area contributed by atoms with Crippen LogP contribution in [0.3, 0.4) is 0 Å². The predicted octanol–water partition coefficient (Wildman–Crippen LogP) is 2.50. The first-order chi connectivity index (χ1) is 8.16. The maximum Gasteiger partial charge on any atom is 0.248 e. The summed E-state index contributed by atoms with van der Waals surface area (Å²) in [4.78, 5) is 2.47. The summed E-state index contributed by atoms with van der Waals surface area (Å²) in [5, 5.41) is 3.34. The Morgan fingerprint density at radius 3 is 2.59 bits per heavy atom. The fraction of sp³-hybridized carbons (Fsp3) is 1.00. The molecule has 1 saturated carbocycles. The zero-order chi connectivity index (χ0) is 12.1. The molecule has 100 valence electrons. The molecule has 0 aromatic carbocycles. The van der Waals surface area contributed by atoms with E-state index in [9.17, 15) is 8.78 Å². The van der Waals surface area contributed by atoms with Crippen molar-refractivity contribution in [3.05, 3.63) is 0 Å². The first-order valence-electron chi connectivity index (χ1n) is 6.97. The minimum atomic E-state index is -2.39. The molecule has 2 nitrogen and oxygen atoms in total. The number of hydrogen-bond donors (Lipinski definition) is 1. The highest BCUT2D eigenvalue weighted by Gasteiger charge is 2.38. The smallest absolute Gasteiger partial charge is 0.248 e. The number of nitrogens with zero attached hydrogens (tertiary/aromatic N) is 1. The Kier molecular flexibility index (Phi) is 4.74. The minimum Gasteiger partial charge on any atom is -0.315 e. The number of alkyl halides is 2. The van der Waals surface area contributed by atoms with Crippen molar-refractivity contribution in [2.75, 3.05) is 32.7 Å². The average Bonchev–Trinajstić information content (AvgIpc) is 2.66. The molecule has 0 amide bonds. The summed E-state index contributed by atoms with van der Waals surface area (Å²) in [6.07, 6.45) is 4.85. The van der Waals surface area contributed by atoms with Gasteiger partial charge in [-0.15, -0.1) is 0 Å². The molecule has 0 aromatic rings. The van der Waals surface area contributed by atoms with E-state index < -0.39 is 5.92 Å². The molecule has 4 heteroatoms. The monoisotopic (exact) mass is 246 g/mol.